The van der Waals surface area contributed by atoms with E-state index in [-0.39, 0.29) is 6.10 Å². The number of hydrogen-bond acceptors (Lipinski definition) is 2. The fraction of sp³-hybridized carbons (Fsp3) is 0.571. The lowest BCUT2D eigenvalue weighted by molar-refractivity contribution is 0.130. The molecule has 0 aromatic heterocycles. The van der Waals surface area contributed by atoms with Crippen molar-refractivity contribution in [2.45, 2.75) is 39.2 Å². The number of aliphatic hydroxyl groups is 1. The first-order chi connectivity index (χ1) is 8.08. The van der Waals surface area contributed by atoms with E-state index in [2.05, 4.69) is 29.8 Å². The molecule has 0 radical (unpaired) electrons. The summed E-state index contributed by atoms with van der Waals surface area (Å²) < 4.78 is 6.62. The van der Waals surface area contributed by atoms with Gasteiger partial charge < -0.3 is 9.84 Å². The minimum atomic E-state index is -0.193. The lowest BCUT2D eigenvalue weighted by atomic mass is 10.0. The van der Waals surface area contributed by atoms with Gasteiger partial charge in [0.05, 0.1) is 12.7 Å². The van der Waals surface area contributed by atoms with Gasteiger partial charge in [0, 0.05) is 4.47 Å². The number of benzene rings is 1. The van der Waals surface area contributed by atoms with Crippen LogP contribution >= 0.6 is 15.9 Å². The van der Waals surface area contributed by atoms with E-state index in [1.807, 2.05) is 24.3 Å². The summed E-state index contributed by atoms with van der Waals surface area (Å²) in [4.78, 5) is 0. The zero-order chi connectivity index (χ0) is 12.7. The smallest absolute Gasteiger partial charge is 0.120 e. The third kappa shape index (κ3) is 6.69. The molecular weight excluding hydrogens is 280 g/mol. The van der Waals surface area contributed by atoms with Crippen molar-refractivity contribution in [2.75, 3.05) is 6.61 Å². The zero-order valence-corrected chi connectivity index (χ0v) is 12.1. The minimum Gasteiger partial charge on any atom is -0.494 e. The fourth-order valence-electron chi connectivity index (χ4n) is 1.73. The summed E-state index contributed by atoms with van der Waals surface area (Å²) in [6.07, 6.45) is 2.38. The van der Waals surface area contributed by atoms with Crippen LogP contribution in [0.15, 0.2) is 28.7 Å². The van der Waals surface area contributed by atoms with Gasteiger partial charge in [0.25, 0.3) is 0 Å². The molecule has 0 aliphatic carbocycles. The van der Waals surface area contributed by atoms with Crippen molar-refractivity contribution in [1.82, 2.24) is 0 Å². The summed E-state index contributed by atoms with van der Waals surface area (Å²) in [5.74, 6) is 1.42. The first kappa shape index (κ1) is 14.5. The normalized spacial score (nSPS) is 12.8. The third-order valence-electron chi connectivity index (χ3n) is 2.49. The van der Waals surface area contributed by atoms with Crippen molar-refractivity contribution in [1.29, 1.82) is 0 Å². The molecule has 0 saturated heterocycles. The van der Waals surface area contributed by atoms with Gasteiger partial charge in [0.1, 0.15) is 5.75 Å². The number of halogens is 1. The summed E-state index contributed by atoms with van der Waals surface area (Å²) in [6.45, 7) is 4.91. The molecule has 1 aromatic rings. The highest BCUT2D eigenvalue weighted by Crippen LogP contribution is 2.18. The first-order valence-corrected chi connectivity index (χ1v) is 6.93. The molecule has 0 bridgehead atoms. The van der Waals surface area contributed by atoms with Crippen LogP contribution in [-0.2, 0) is 0 Å². The lowest BCUT2D eigenvalue weighted by Crippen LogP contribution is -2.11. The van der Waals surface area contributed by atoms with Gasteiger partial charge in [-0.25, -0.2) is 0 Å². The molecule has 0 amide bonds. The topological polar surface area (TPSA) is 29.5 Å². The average molecular weight is 301 g/mol. The fourth-order valence-corrected chi connectivity index (χ4v) is 2.11. The molecule has 1 aromatic carbocycles. The Hall–Kier alpha value is -0.540. The Labute approximate surface area is 112 Å². The van der Waals surface area contributed by atoms with Crippen molar-refractivity contribution < 1.29 is 9.84 Å². The molecule has 0 fully saturated rings. The highest BCUT2D eigenvalue weighted by molar-refractivity contribution is 9.10. The Balaban J connectivity index is 2.16. The molecule has 96 valence electrons. The maximum atomic E-state index is 9.70. The van der Waals surface area contributed by atoms with Crippen molar-refractivity contribution in [3.05, 3.63) is 28.7 Å². The van der Waals surface area contributed by atoms with E-state index in [9.17, 15) is 5.11 Å². The van der Waals surface area contributed by atoms with Crippen LogP contribution in [0.1, 0.15) is 33.1 Å². The molecule has 1 atom stereocenters. The number of aliphatic hydroxyl groups excluding tert-OH is 1. The Morgan fingerprint density at radius 3 is 2.76 bits per heavy atom. The standard InChI is InChI=1S/C14H21BrO2/c1-11(2)9-13(16)6-4-8-17-14-7-3-5-12(15)10-14/h3,5,7,10-11,13,16H,4,6,8-9H2,1-2H3. The van der Waals surface area contributed by atoms with Gasteiger partial charge in [0.15, 0.2) is 0 Å². The van der Waals surface area contributed by atoms with Crippen LogP contribution < -0.4 is 4.74 Å². The molecule has 17 heavy (non-hydrogen) atoms. The molecule has 0 heterocycles. The van der Waals surface area contributed by atoms with Crippen molar-refractivity contribution in [2.24, 2.45) is 5.92 Å². The summed E-state index contributed by atoms with van der Waals surface area (Å²) in [6, 6.07) is 7.81. The van der Waals surface area contributed by atoms with Gasteiger partial charge in [-0.2, -0.15) is 0 Å². The molecule has 3 heteroatoms. The Bertz CT molecular complexity index is 326. The average Bonchev–Trinajstić information content (AvgIpc) is 2.23. The summed E-state index contributed by atoms with van der Waals surface area (Å²) in [7, 11) is 0. The Morgan fingerprint density at radius 2 is 2.12 bits per heavy atom. The minimum absolute atomic E-state index is 0.193. The molecule has 0 aliphatic rings. The van der Waals surface area contributed by atoms with Gasteiger partial charge >= 0.3 is 0 Å². The van der Waals surface area contributed by atoms with Gasteiger partial charge in [-0.3, -0.25) is 0 Å². The van der Waals surface area contributed by atoms with Crippen molar-refractivity contribution in [3.63, 3.8) is 0 Å². The molecule has 0 saturated carbocycles. The molecule has 2 nitrogen and oxygen atoms in total. The number of hydrogen-bond donors (Lipinski definition) is 1. The zero-order valence-electron chi connectivity index (χ0n) is 10.5. The van der Waals surface area contributed by atoms with Crippen molar-refractivity contribution >= 4 is 15.9 Å². The van der Waals surface area contributed by atoms with Crippen LogP contribution in [0, 0.1) is 5.92 Å². The lowest BCUT2D eigenvalue weighted by Gasteiger charge is -2.13. The van der Waals surface area contributed by atoms with E-state index >= 15 is 0 Å². The van der Waals surface area contributed by atoms with E-state index in [1.54, 1.807) is 0 Å². The molecule has 0 spiro atoms. The van der Waals surface area contributed by atoms with Gasteiger partial charge in [-0.15, -0.1) is 0 Å². The molecule has 1 rings (SSSR count). The summed E-state index contributed by atoms with van der Waals surface area (Å²) in [5, 5.41) is 9.70. The van der Waals surface area contributed by atoms with Crippen molar-refractivity contribution in [3.8, 4) is 5.75 Å². The van der Waals surface area contributed by atoms with E-state index in [1.165, 1.54) is 0 Å². The molecular formula is C14H21BrO2. The molecule has 0 aliphatic heterocycles. The predicted molar refractivity (Wildman–Crippen MR) is 74.3 cm³/mol. The molecule has 1 unspecified atom stereocenters. The second-order valence-corrected chi connectivity index (χ2v) is 5.65. The van der Waals surface area contributed by atoms with Crippen LogP contribution in [0.5, 0.6) is 5.75 Å². The van der Waals surface area contributed by atoms with Gasteiger partial charge in [-0.1, -0.05) is 35.8 Å². The van der Waals surface area contributed by atoms with Gasteiger partial charge in [-0.05, 0) is 43.4 Å². The highest BCUT2D eigenvalue weighted by Gasteiger charge is 2.06. The van der Waals surface area contributed by atoms with E-state index < -0.39 is 0 Å². The Kier molecular flexibility index (Phi) is 6.60. The molecule has 1 N–H and O–H groups in total. The van der Waals surface area contributed by atoms with Crippen LogP contribution in [0.2, 0.25) is 0 Å². The van der Waals surface area contributed by atoms with Gasteiger partial charge in [0.2, 0.25) is 0 Å². The van der Waals surface area contributed by atoms with E-state index in [0.717, 1.165) is 29.5 Å². The van der Waals surface area contributed by atoms with E-state index in [4.69, 9.17) is 4.74 Å². The predicted octanol–water partition coefficient (Wildman–Crippen LogP) is 4.02. The van der Waals surface area contributed by atoms with Crippen LogP contribution in [0.25, 0.3) is 0 Å². The van der Waals surface area contributed by atoms with Crippen LogP contribution in [0.3, 0.4) is 0 Å². The third-order valence-corrected chi connectivity index (χ3v) is 2.98. The highest BCUT2D eigenvalue weighted by atomic mass is 79.9. The van der Waals surface area contributed by atoms with Crippen LogP contribution in [0.4, 0.5) is 0 Å². The number of rotatable bonds is 7. The maximum absolute atomic E-state index is 9.70. The largest absolute Gasteiger partial charge is 0.494 e. The monoisotopic (exact) mass is 300 g/mol. The second-order valence-electron chi connectivity index (χ2n) is 4.73. The first-order valence-electron chi connectivity index (χ1n) is 6.14. The van der Waals surface area contributed by atoms with Crippen LogP contribution in [-0.4, -0.2) is 17.8 Å². The quantitative estimate of drug-likeness (QED) is 0.771. The van der Waals surface area contributed by atoms with E-state index in [0.29, 0.717) is 12.5 Å². The Morgan fingerprint density at radius 1 is 1.35 bits per heavy atom. The maximum Gasteiger partial charge on any atom is 0.120 e. The summed E-state index contributed by atoms with van der Waals surface area (Å²) in [5.41, 5.74) is 0. The summed E-state index contributed by atoms with van der Waals surface area (Å²) >= 11 is 3.40. The second kappa shape index (κ2) is 7.72. The SMILES string of the molecule is CC(C)CC(O)CCCOc1cccc(Br)c1. The number of ether oxygens (including phenoxy) is 1.